The fraction of sp³-hybridized carbons (Fsp3) is 0.222. The molecule has 26 heavy (non-hydrogen) atoms. The molecule has 1 heterocycles. The van der Waals surface area contributed by atoms with Crippen LogP contribution < -0.4 is 10.0 Å². The molecule has 0 atom stereocenters. The van der Waals surface area contributed by atoms with Gasteiger partial charge in [0.25, 0.3) is 0 Å². The second kappa shape index (κ2) is 7.94. The van der Waals surface area contributed by atoms with Gasteiger partial charge in [0.15, 0.2) is 0 Å². The number of sulfonamides is 1. The molecule has 0 fully saturated rings. The van der Waals surface area contributed by atoms with Gasteiger partial charge in [0.1, 0.15) is 0 Å². The largest absolute Gasteiger partial charge is 0.350 e. The zero-order chi connectivity index (χ0) is 18.6. The van der Waals surface area contributed by atoms with Gasteiger partial charge >= 0.3 is 0 Å². The van der Waals surface area contributed by atoms with E-state index in [1.807, 2.05) is 36.6 Å². The lowest BCUT2D eigenvalue weighted by Crippen LogP contribution is -2.30. The van der Waals surface area contributed by atoms with Crippen LogP contribution in [0.5, 0.6) is 0 Å². The highest BCUT2D eigenvalue weighted by molar-refractivity contribution is 7.89. The molecule has 2 aromatic carbocycles. The predicted molar refractivity (Wildman–Crippen MR) is 102 cm³/mol. The van der Waals surface area contributed by atoms with Gasteiger partial charge in [0.05, 0.1) is 22.1 Å². The number of aryl methyl sites for hydroxylation is 1. The summed E-state index contributed by atoms with van der Waals surface area (Å²) >= 11 is 1.52. The maximum atomic E-state index is 12.4. The van der Waals surface area contributed by atoms with Crippen molar-refractivity contribution in [2.24, 2.45) is 0 Å². The van der Waals surface area contributed by atoms with E-state index in [9.17, 15) is 13.2 Å². The molecular formula is C18H19N3O3S2. The van der Waals surface area contributed by atoms with E-state index in [4.69, 9.17) is 0 Å². The Morgan fingerprint density at radius 1 is 1.15 bits per heavy atom. The van der Waals surface area contributed by atoms with Crippen molar-refractivity contribution < 1.29 is 13.2 Å². The first-order valence-corrected chi connectivity index (χ1v) is 10.5. The van der Waals surface area contributed by atoms with Gasteiger partial charge in [-0.2, -0.15) is 0 Å². The van der Waals surface area contributed by atoms with Gasteiger partial charge in [-0.05, 0) is 29.8 Å². The summed E-state index contributed by atoms with van der Waals surface area (Å²) in [5, 5.41) is 7.39. The van der Waals surface area contributed by atoms with Gasteiger partial charge in [-0.25, -0.2) is 18.1 Å². The van der Waals surface area contributed by atoms with Crippen molar-refractivity contribution in [3.63, 3.8) is 0 Å². The molecule has 0 spiro atoms. The highest BCUT2D eigenvalue weighted by atomic mass is 32.2. The molecule has 1 aromatic heterocycles. The predicted octanol–water partition coefficient (Wildman–Crippen LogP) is 2.59. The number of nitrogens with zero attached hydrogens (tertiary/aromatic N) is 1. The summed E-state index contributed by atoms with van der Waals surface area (Å²) in [6.07, 6.45) is 0.0654. The Hall–Kier alpha value is -2.29. The summed E-state index contributed by atoms with van der Waals surface area (Å²) in [6, 6.07) is 12.5. The molecule has 8 heteroatoms. The molecule has 0 aliphatic heterocycles. The molecule has 2 N–H and O–H groups in total. The number of amides is 1. The molecule has 0 unspecified atom stereocenters. The van der Waals surface area contributed by atoms with Crippen LogP contribution in [0.4, 0.5) is 0 Å². The van der Waals surface area contributed by atoms with Crippen LogP contribution in [-0.2, 0) is 21.4 Å². The SMILES string of the molecule is Cc1nc(CNC(=O)CCNS(=O)(=O)c2ccc3ccccc3c2)cs1. The van der Waals surface area contributed by atoms with E-state index in [1.54, 1.807) is 18.2 Å². The van der Waals surface area contributed by atoms with E-state index in [0.717, 1.165) is 21.5 Å². The van der Waals surface area contributed by atoms with Gasteiger partial charge in [-0.1, -0.05) is 30.3 Å². The molecule has 0 aliphatic rings. The standard InChI is InChI=1S/C18H19N3O3S2/c1-13-21-16(12-25-13)11-19-18(22)8-9-20-26(23,24)17-7-6-14-4-2-3-5-15(14)10-17/h2-7,10,12,20H,8-9,11H2,1H3,(H,19,22). The number of fused-ring (bicyclic) bond motifs is 1. The Balaban J connectivity index is 1.53. The molecule has 0 radical (unpaired) electrons. The van der Waals surface area contributed by atoms with Crippen LogP contribution in [0.25, 0.3) is 10.8 Å². The smallest absolute Gasteiger partial charge is 0.240 e. The van der Waals surface area contributed by atoms with Crippen LogP contribution in [0.1, 0.15) is 17.1 Å². The van der Waals surface area contributed by atoms with Crippen LogP contribution >= 0.6 is 11.3 Å². The van der Waals surface area contributed by atoms with Gasteiger partial charge in [-0.3, -0.25) is 4.79 Å². The maximum Gasteiger partial charge on any atom is 0.240 e. The van der Waals surface area contributed by atoms with Crippen molar-refractivity contribution >= 4 is 38.0 Å². The molecular weight excluding hydrogens is 370 g/mol. The molecule has 6 nitrogen and oxygen atoms in total. The second-order valence-corrected chi connectivity index (χ2v) is 8.62. The van der Waals surface area contributed by atoms with Crippen molar-refractivity contribution in [2.75, 3.05) is 6.54 Å². The molecule has 1 amide bonds. The summed E-state index contributed by atoms with van der Waals surface area (Å²) in [4.78, 5) is 16.3. The average molecular weight is 390 g/mol. The minimum absolute atomic E-state index is 0.0388. The summed E-state index contributed by atoms with van der Waals surface area (Å²) in [5.41, 5.74) is 0.803. The van der Waals surface area contributed by atoms with Gasteiger partial charge in [0, 0.05) is 18.3 Å². The second-order valence-electron chi connectivity index (χ2n) is 5.79. The number of hydrogen-bond donors (Lipinski definition) is 2. The van der Waals surface area contributed by atoms with Crippen molar-refractivity contribution in [1.29, 1.82) is 0 Å². The van der Waals surface area contributed by atoms with E-state index in [0.29, 0.717) is 6.54 Å². The van der Waals surface area contributed by atoms with Crippen molar-refractivity contribution in [3.05, 3.63) is 58.5 Å². The Kier molecular flexibility index (Phi) is 5.65. The number of carbonyl (C=O) groups excluding carboxylic acids is 1. The summed E-state index contributed by atoms with van der Waals surface area (Å²) in [5.74, 6) is -0.225. The highest BCUT2D eigenvalue weighted by Crippen LogP contribution is 2.18. The molecule has 3 aromatic rings. The minimum atomic E-state index is -3.65. The third-order valence-corrected chi connectivity index (χ3v) is 6.09. The first kappa shape index (κ1) is 18.5. The number of carbonyl (C=O) groups is 1. The van der Waals surface area contributed by atoms with Crippen LogP contribution in [0.3, 0.4) is 0 Å². The summed E-state index contributed by atoms with van der Waals surface area (Å²) < 4.78 is 27.2. The number of rotatable bonds is 7. The normalized spacial score (nSPS) is 11.6. The topological polar surface area (TPSA) is 88.2 Å². The van der Waals surface area contributed by atoms with E-state index in [1.165, 1.54) is 11.3 Å². The van der Waals surface area contributed by atoms with Crippen molar-refractivity contribution in [1.82, 2.24) is 15.0 Å². The van der Waals surface area contributed by atoms with E-state index >= 15 is 0 Å². The molecule has 0 aliphatic carbocycles. The zero-order valence-corrected chi connectivity index (χ0v) is 15.9. The van der Waals surface area contributed by atoms with Gasteiger partial charge in [-0.15, -0.1) is 11.3 Å². The molecule has 0 saturated carbocycles. The third kappa shape index (κ3) is 4.66. The summed E-state index contributed by atoms with van der Waals surface area (Å²) in [7, 11) is -3.65. The van der Waals surface area contributed by atoms with Crippen LogP contribution in [0.15, 0.2) is 52.7 Å². The lowest BCUT2D eigenvalue weighted by atomic mass is 10.1. The van der Waals surface area contributed by atoms with Crippen LogP contribution in [0.2, 0.25) is 0 Å². The maximum absolute atomic E-state index is 12.4. The number of benzene rings is 2. The lowest BCUT2D eigenvalue weighted by Gasteiger charge is -2.08. The van der Waals surface area contributed by atoms with Gasteiger partial charge < -0.3 is 5.32 Å². The third-order valence-electron chi connectivity index (χ3n) is 3.81. The Labute approximate surface area is 156 Å². The van der Waals surface area contributed by atoms with Crippen molar-refractivity contribution in [2.45, 2.75) is 24.8 Å². The molecule has 136 valence electrons. The Bertz CT molecular complexity index is 1030. The lowest BCUT2D eigenvalue weighted by molar-refractivity contribution is -0.121. The number of thiazole rings is 1. The van der Waals surface area contributed by atoms with Gasteiger partial charge in [0.2, 0.25) is 15.9 Å². The number of nitrogens with one attached hydrogen (secondary N) is 2. The average Bonchev–Trinajstić information content (AvgIpc) is 3.05. The van der Waals surface area contributed by atoms with Crippen molar-refractivity contribution in [3.8, 4) is 0 Å². The Morgan fingerprint density at radius 3 is 2.65 bits per heavy atom. The number of hydrogen-bond acceptors (Lipinski definition) is 5. The number of aromatic nitrogens is 1. The molecule has 3 rings (SSSR count). The van der Waals surface area contributed by atoms with E-state index in [-0.39, 0.29) is 23.8 Å². The molecule has 0 bridgehead atoms. The first-order chi connectivity index (χ1) is 12.4. The minimum Gasteiger partial charge on any atom is -0.350 e. The first-order valence-electron chi connectivity index (χ1n) is 8.10. The quantitative estimate of drug-likeness (QED) is 0.650. The summed E-state index contributed by atoms with van der Waals surface area (Å²) in [6.45, 7) is 2.29. The zero-order valence-electron chi connectivity index (χ0n) is 14.2. The highest BCUT2D eigenvalue weighted by Gasteiger charge is 2.14. The fourth-order valence-corrected chi connectivity index (χ4v) is 4.16. The Morgan fingerprint density at radius 2 is 1.92 bits per heavy atom. The monoisotopic (exact) mass is 389 g/mol. The van der Waals surface area contributed by atoms with E-state index < -0.39 is 10.0 Å². The molecule has 0 saturated heterocycles. The fourth-order valence-electron chi connectivity index (χ4n) is 2.48. The van der Waals surface area contributed by atoms with E-state index in [2.05, 4.69) is 15.0 Å². The van der Waals surface area contributed by atoms with Crippen LogP contribution in [0, 0.1) is 6.92 Å². The van der Waals surface area contributed by atoms with Crippen LogP contribution in [-0.4, -0.2) is 25.9 Å².